The van der Waals surface area contributed by atoms with Crippen LogP contribution in [0, 0.1) is 0 Å². The van der Waals surface area contributed by atoms with E-state index in [4.69, 9.17) is 18.9 Å². The fraction of sp³-hybridized carbons (Fsp3) is 0.947. The van der Waals surface area contributed by atoms with Gasteiger partial charge in [0.2, 0.25) is 5.91 Å². The number of halogens is 1. The van der Waals surface area contributed by atoms with Gasteiger partial charge in [0.25, 0.3) is 0 Å². The summed E-state index contributed by atoms with van der Waals surface area (Å²) in [6.45, 7) is 12.7. The lowest BCUT2D eigenvalue weighted by Gasteiger charge is -2.09. The molecule has 0 aliphatic heterocycles. The van der Waals surface area contributed by atoms with Gasteiger partial charge in [0.15, 0.2) is 0 Å². The zero-order chi connectivity index (χ0) is 20.2. The lowest BCUT2D eigenvalue weighted by molar-refractivity contribution is -0.119. The topological polar surface area (TPSA) is 78.1 Å². The van der Waals surface area contributed by atoms with Gasteiger partial charge in [-0.1, -0.05) is 36.4 Å². The summed E-state index contributed by atoms with van der Waals surface area (Å²) in [5.41, 5.74) is 0. The van der Waals surface area contributed by atoms with Crippen molar-refractivity contribution in [1.82, 2.24) is 10.6 Å². The summed E-state index contributed by atoms with van der Waals surface area (Å²) in [5, 5.41) is 6.20. The van der Waals surface area contributed by atoms with E-state index in [1.807, 2.05) is 6.92 Å². The van der Waals surface area contributed by atoms with Crippen molar-refractivity contribution in [3.8, 4) is 0 Å². The zero-order valence-corrected chi connectivity index (χ0v) is 19.4. The molecule has 2 N–H and O–H groups in total. The summed E-state index contributed by atoms with van der Waals surface area (Å²) in [5.74, 6) is 0.111. The average Bonchev–Trinajstić information content (AvgIpc) is 2.63. The number of hydrogen-bond acceptors (Lipinski definition) is 6. The Labute approximate surface area is 178 Å². The minimum atomic E-state index is 0.0294. The van der Waals surface area contributed by atoms with Crippen LogP contribution in [0.3, 0.4) is 0 Å². The molecule has 1 atom stereocenters. The van der Waals surface area contributed by atoms with Crippen molar-refractivity contribution < 1.29 is 23.7 Å². The molecule has 0 radical (unpaired) electrons. The number of hydrogen-bond donors (Lipinski definition) is 2. The number of carbonyl (C=O) groups is 1. The van der Waals surface area contributed by atoms with E-state index in [0.29, 0.717) is 52.3 Å². The second-order valence-corrected chi connectivity index (χ2v) is 8.39. The van der Waals surface area contributed by atoms with Gasteiger partial charge in [-0.05, 0) is 26.2 Å². The van der Waals surface area contributed by atoms with Crippen molar-refractivity contribution in [2.75, 3.05) is 65.9 Å². The van der Waals surface area contributed by atoms with Crippen molar-refractivity contribution >= 4 is 28.5 Å². The van der Waals surface area contributed by atoms with Gasteiger partial charge in [0.1, 0.15) is 0 Å². The van der Waals surface area contributed by atoms with Crippen LogP contribution in [-0.4, -0.2) is 81.8 Å². The van der Waals surface area contributed by atoms with Crippen LogP contribution in [0.15, 0.2) is 0 Å². The predicted molar refractivity (Wildman–Crippen MR) is 117 cm³/mol. The molecular formula is C19H39IN2O5. The standard InChI is InChI=1S/C19H39IN2O5/c1-17(2)21-8-10-25-12-14-27-16-15-26-13-11-24-9-6-4-5-7-22-19(23)18(3)20/h17-18,21H,4-16H2,1-3H3,(H,22,23). The highest BCUT2D eigenvalue weighted by atomic mass is 127. The normalized spacial score (nSPS) is 12.5. The maximum Gasteiger partial charge on any atom is 0.232 e. The van der Waals surface area contributed by atoms with Gasteiger partial charge in [-0.2, -0.15) is 0 Å². The lowest BCUT2D eigenvalue weighted by Crippen LogP contribution is -2.30. The summed E-state index contributed by atoms with van der Waals surface area (Å²) >= 11 is 2.12. The molecule has 0 aliphatic rings. The van der Waals surface area contributed by atoms with E-state index in [-0.39, 0.29) is 9.83 Å². The lowest BCUT2D eigenvalue weighted by atomic mass is 10.2. The first-order chi connectivity index (χ1) is 13.0. The monoisotopic (exact) mass is 502 g/mol. The van der Waals surface area contributed by atoms with Gasteiger partial charge in [-0.15, -0.1) is 0 Å². The van der Waals surface area contributed by atoms with Crippen molar-refractivity contribution in [3.63, 3.8) is 0 Å². The van der Waals surface area contributed by atoms with E-state index >= 15 is 0 Å². The third-order valence-electron chi connectivity index (χ3n) is 3.54. The highest BCUT2D eigenvalue weighted by molar-refractivity contribution is 14.1. The smallest absolute Gasteiger partial charge is 0.232 e. The highest BCUT2D eigenvalue weighted by Crippen LogP contribution is 1.99. The van der Waals surface area contributed by atoms with Crippen molar-refractivity contribution in [3.05, 3.63) is 0 Å². The van der Waals surface area contributed by atoms with Crippen LogP contribution in [0.4, 0.5) is 0 Å². The van der Waals surface area contributed by atoms with E-state index in [1.165, 1.54) is 0 Å². The summed E-state index contributed by atoms with van der Waals surface area (Å²) in [4.78, 5) is 11.4. The molecule has 0 aromatic carbocycles. The Morgan fingerprint density at radius 2 is 1.26 bits per heavy atom. The fourth-order valence-electron chi connectivity index (χ4n) is 2.04. The Balaban J connectivity index is 3.06. The minimum Gasteiger partial charge on any atom is -0.379 e. The maximum atomic E-state index is 11.4. The van der Waals surface area contributed by atoms with Crippen molar-refractivity contribution in [2.45, 2.75) is 50.0 Å². The van der Waals surface area contributed by atoms with E-state index in [0.717, 1.165) is 39.0 Å². The molecule has 0 bridgehead atoms. The number of ether oxygens (including phenoxy) is 4. The molecule has 0 spiro atoms. The van der Waals surface area contributed by atoms with Crippen LogP contribution in [-0.2, 0) is 23.7 Å². The first kappa shape index (κ1) is 27.0. The Hall–Kier alpha value is 0. The molecule has 0 fully saturated rings. The van der Waals surface area contributed by atoms with E-state index in [9.17, 15) is 4.79 Å². The minimum absolute atomic E-state index is 0.0294. The summed E-state index contributed by atoms with van der Waals surface area (Å²) in [6, 6.07) is 0.495. The Bertz CT molecular complexity index is 333. The summed E-state index contributed by atoms with van der Waals surface area (Å²) in [7, 11) is 0. The molecule has 0 aliphatic carbocycles. The molecule has 1 unspecified atom stereocenters. The first-order valence-corrected chi connectivity index (χ1v) is 11.2. The first-order valence-electron chi connectivity index (χ1n) is 10.00. The summed E-state index contributed by atoms with van der Waals surface area (Å²) < 4.78 is 21.9. The van der Waals surface area contributed by atoms with Crippen LogP contribution in [0.1, 0.15) is 40.0 Å². The second kappa shape index (κ2) is 20.7. The van der Waals surface area contributed by atoms with Crippen LogP contribution in [0.2, 0.25) is 0 Å². The number of nitrogens with one attached hydrogen (secondary N) is 2. The fourth-order valence-corrected chi connectivity index (χ4v) is 2.26. The van der Waals surface area contributed by atoms with Crippen LogP contribution >= 0.6 is 22.6 Å². The van der Waals surface area contributed by atoms with Gasteiger partial charge >= 0.3 is 0 Å². The third kappa shape index (κ3) is 22.2. The molecule has 8 heteroatoms. The van der Waals surface area contributed by atoms with E-state index in [1.54, 1.807) is 0 Å². The predicted octanol–water partition coefficient (Wildman–Crippen LogP) is 2.16. The van der Waals surface area contributed by atoms with Crippen molar-refractivity contribution in [1.29, 1.82) is 0 Å². The van der Waals surface area contributed by atoms with E-state index < -0.39 is 0 Å². The molecule has 1 amide bonds. The molecule has 0 saturated heterocycles. The summed E-state index contributed by atoms with van der Waals surface area (Å²) in [6.07, 6.45) is 3.05. The molecule has 0 heterocycles. The highest BCUT2D eigenvalue weighted by Gasteiger charge is 2.06. The average molecular weight is 502 g/mol. The Morgan fingerprint density at radius 1 is 0.741 bits per heavy atom. The van der Waals surface area contributed by atoms with E-state index in [2.05, 4.69) is 47.1 Å². The van der Waals surface area contributed by atoms with Gasteiger partial charge in [-0.25, -0.2) is 0 Å². The zero-order valence-electron chi connectivity index (χ0n) is 17.3. The maximum absolute atomic E-state index is 11.4. The van der Waals surface area contributed by atoms with Gasteiger partial charge in [0.05, 0.1) is 50.2 Å². The molecule has 7 nitrogen and oxygen atoms in total. The molecule has 0 saturated carbocycles. The molecule has 0 aromatic heterocycles. The molecule has 0 aromatic rings. The Morgan fingerprint density at radius 3 is 1.78 bits per heavy atom. The molecule has 162 valence electrons. The largest absolute Gasteiger partial charge is 0.379 e. The van der Waals surface area contributed by atoms with Crippen LogP contribution in [0.25, 0.3) is 0 Å². The van der Waals surface area contributed by atoms with Gasteiger partial charge in [0, 0.05) is 25.7 Å². The van der Waals surface area contributed by atoms with Gasteiger partial charge in [-0.3, -0.25) is 4.79 Å². The number of amides is 1. The number of rotatable bonds is 20. The number of unbranched alkanes of at least 4 members (excludes halogenated alkanes) is 2. The van der Waals surface area contributed by atoms with Crippen LogP contribution in [0.5, 0.6) is 0 Å². The third-order valence-corrected chi connectivity index (χ3v) is 4.11. The van der Waals surface area contributed by atoms with Crippen LogP contribution < -0.4 is 10.6 Å². The quantitative estimate of drug-likeness (QED) is 0.151. The second-order valence-electron chi connectivity index (χ2n) is 6.53. The SMILES string of the molecule is CC(C)NCCOCCOCCOCCOCCCCCNC(=O)C(C)I. The molecular weight excluding hydrogens is 463 g/mol. The number of alkyl halides is 1. The Kier molecular flexibility index (Phi) is 20.7. The number of carbonyl (C=O) groups excluding carboxylic acids is 1. The molecule has 27 heavy (non-hydrogen) atoms. The van der Waals surface area contributed by atoms with Gasteiger partial charge < -0.3 is 29.6 Å². The molecule has 0 rings (SSSR count). The van der Waals surface area contributed by atoms with Crippen molar-refractivity contribution in [2.24, 2.45) is 0 Å².